The topological polar surface area (TPSA) is 0 Å². The lowest BCUT2D eigenvalue weighted by molar-refractivity contribution is 0.136. The van der Waals surface area contributed by atoms with Crippen LogP contribution in [-0.2, 0) is 5.41 Å². The second-order valence-corrected chi connectivity index (χ2v) is 6.67. The van der Waals surface area contributed by atoms with E-state index in [9.17, 15) is 0 Å². The largest absolute Gasteiger partial charge is 0.0843 e. The van der Waals surface area contributed by atoms with Gasteiger partial charge in [-0.1, -0.05) is 50.9 Å². The molecule has 0 atom stereocenters. The van der Waals surface area contributed by atoms with Crippen molar-refractivity contribution in [2.45, 2.75) is 51.9 Å². The fourth-order valence-electron chi connectivity index (χ4n) is 3.23. The van der Waals surface area contributed by atoms with Gasteiger partial charge in [0, 0.05) is 5.02 Å². The summed E-state index contributed by atoms with van der Waals surface area (Å²) < 4.78 is 0. The van der Waals surface area contributed by atoms with Crippen molar-refractivity contribution >= 4 is 11.6 Å². The minimum atomic E-state index is 0.453. The van der Waals surface area contributed by atoms with Crippen LogP contribution in [0.25, 0.3) is 0 Å². The van der Waals surface area contributed by atoms with Gasteiger partial charge in [-0.05, 0) is 54.2 Å². The number of benzene rings is 1. The Kier molecular flexibility index (Phi) is 3.82. The Labute approximate surface area is 110 Å². The number of halogens is 1. The molecule has 94 valence electrons. The van der Waals surface area contributed by atoms with Gasteiger partial charge in [0.25, 0.3) is 0 Å². The Morgan fingerprint density at radius 3 is 2.29 bits per heavy atom. The predicted molar refractivity (Wildman–Crippen MR) is 75.6 cm³/mol. The monoisotopic (exact) mass is 250 g/mol. The van der Waals surface area contributed by atoms with E-state index in [1.54, 1.807) is 0 Å². The van der Waals surface area contributed by atoms with E-state index in [4.69, 9.17) is 11.6 Å². The Balaban J connectivity index is 2.14. The molecular weight excluding hydrogens is 228 g/mol. The molecule has 0 aromatic heterocycles. The molecule has 2 rings (SSSR count). The maximum absolute atomic E-state index is 5.98. The lowest BCUT2D eigenvalue weighted by Crippen LogP contribution is -2.40. The van der Waals surface area contributed by atoms with E-state index >= 15 is 0 Å². The van der Waals surface area contributed by atoms with Gasteiger partial charge >= 0.3 is 0 Å². The zero-order valence-electron chi connectivity index (χ0n) is 11.2. The number of hydrogen-bond acceptors (Lipinski definition) is 0. The number of rotatable bonds is 4. The van der Waals surface area contributed by atoms with Gasteiger partial charge in [-0.25, -0.2) is 0 Å². The smallest absolute Gasteiger partial charge is 0.0406 e. The van der Waals surface area contributed by atoms with Crippen molar-refractivity contribution in [3.05, 3.63) is 34.9 Å². The molecule has 1 saturated carbocycles. The summed E-state index contributed by atoms with van der Waals surface area (Å²) in [5.41, 5.74) is 1.95. The van der Waals surface area contributed by atoms with E-state index in [0.717, 1.165) is 16.9 Å². The van der Waals surface area contributed by atoms with E-state index in [2.05, 4.69) is 32.9 Å². The Morgan fingerprint density at radius 2 is 1.82 bits per heavy atom. The molecular formula is C16H23Cl. The van der Waals surface area contributed by atoms with Crippen LogP contribution in [0, 0.1) is 11.8 Å². The molecule has 0 amide bonds. The van der Waals surface area contributed by atoms with Crippen LogP contribution in [0.15, 0.2) is 24.3 Å². The van der Waals surface area contributed by atoms with E-state index in [1.165, 1.54) is 31.2 Å². The molecule has 17 heavy (non-hydrogen) atoms. The van der Waals surface area contributed by atoms with Gasteiger partial charge in [0.15, 0.2) is 0 Å². The summed E-state index contributed by atoms with van der Waals surface area (Å²) in [4.78, 5) is 0. The molecule has 1 heteroatoms. The molecule has 0 heterocycles. The van der Waals surface area contributed by atoms with E-state index in [0.29, 0.717) is 5.41 Å². The van der Waals surface area contributed by atoms with Gasteiger partial charge < -0.3 is 0 Å². The maximum Gasteiger partial charge on any atom is 0.0406 e. The molecule has 0 aliphatic heterocycles. The van der Waals surface area contributed by atoms with Crippen LogP contribution >= 0.6 is 11.6 Å². The van der Waals surface area contributed by atoms with Gasteiger partial charge in [-0.2, -0.15) is 0 Å². The molecule has 0 N–H and O–H groups in total. The molecule has 0 unspecified atom stereocenters. The van der Waals surface area contributed by atoms with Crippen molar-refractivity contribution in [3.63, 3.8) is 0 Å². The van der Waals surface area contributed by atoms with Gasteiger partial charge in [0.2, 0.25) is 0 Å². The minimum Gasteiger partial charge on any atom is -0.0843 e. The van der Waals surface area contributed by atoms with Gasteiger partial charge in [0.05, 0.1) is 0 Å². The summed E-state index contributed by atoms with van der Waals surface area (Å²) in [6.45, 7) is 7.00. The Morgan fingerprint density at radius 1 is 1.24 bits per heavy atom. The first-order chi connectivity index (χ1) is 8.02. The van der Waals surface area contributed by atoms with Crippen LogP contribution in [0.4, 0.5) is 0 Å². The van der Waals surface area contributed by atoms with Gasteiger partial charge in [0.1, 0.15) is 0 Å². The summed E-state index contributed by atoms with van der Waals surface area (Å²) in [6.07, 6.45) is 5.36. The Hall–Kier alpha value is -0.490. The van der Waals surface area contributed by atoms with Crippen molar-refractivity contribution in [2.24, 2.45) is 11.8 Å². The lowest BCUT2D eigenvalue weighted by atomic mass is 9.57. The van der Waals surface area contributed by atoms with Crippen LogP contribution in [0.3, 0.4) is 0 Å². The third kappa shape index (κ3) is 2.85. The Bertz CT molecular complexity index is 358. The predicted octanol–water partition coefficient (Wildman–Crippen LogP) is 5.44. The first kappa shape index (κ1) is 13.0. The van der Waals surface area contributed by atoms with Crippen LogP contribution < -0.4 is 0 Å². The first-order valence-electron chi connectivity index (χ1n) is 6.78. The molecule has 0 saturated heterocycles. The highest BCUT2D eigenvalue weighted by Gasteiger charge is 2.42. The third-order valence-electron chi connectivity index (χ3n) is 4.14. The van der Waals surface area contributed by atoms with E-state index in [1.807, 2.05) is 12.1 Å². The third-order valence-corrected chi connectivity index (χ3v) is 4.39. The second-order valence-electron chi connectivity index (χ2n) is 6.23. The molecule has 1 fully saturated rings. The van der Waals surface area contributed by atoms with Crippen LogP contribution in [0.1, 0.15) is 52.0 Å². The van der Waals surface area contributed by atoms with Crippen molar-refractivity contribution < 1.29 is 0 Å². The fourth-order valence-corrected chi connectivity index (χ4v) is 3.35. The highest BCUT2D eigenvalue weighted by Crippen LogP contribution is 2.51. The number of hydrogen-bond donors (Lipinski definition) is 0. The van der Waals surface area contributed by atoms with Crippen LogP contribution in [-0.4, -0.2) is 0 Å². The van der Waals surface area contributed by atoms with Crippen molar-refractivity contribution in [1.29, 1.82) is 0 Å². The summed E-state index contributed by atoms with van der Waals surface area (Å²) in [5, 5.41) is 0.847. The lowest BCUT2D eigenvalue weighted by Gasteiger charge is -2.48. The van der Waals surface area contributed by atoms with E-state index in [-0.39, 0.29) is 0 Å². The van der Waals surface area contributed by atoms with Gasteiger partial charge in [-0.15, -0.1) is 0 Å². The summed E-state index contributed by atoms with van der Waals surface area (Å²) >= 11 is 5.98. The molecule has 0 spiro atoms. The van der Waals surface area contributed by atoms with Crippen molar-refractivity contribution in [2.75, 3.05) is 0 Å². The minimum absolute atomic E-state index is 0.453. The van der Waals surface area contributed by atoms with Crippen molar-refractivity contribution in [1.82, 2.24) is 0 Å². The second kappa shape index (κ2) is 5.02. The summed E-state index contributed by atoms with van der Waals surface area (Å²) in [6, 6.07) is 8.54. The van der Waals surface area contributed by atoms with Gasteiger partial charge in [-0.3, -0.25) is 0 Å². The van der Waals surface area contributed by atoms with Crippen LogP contribution in [0.2, 0.25) is 5.02 Å². The first-order valence-corrected chi connectivity index (χ1v) is 7.16. The normalized spacial score (nSPS) is 28.2. The highest BCUT2D eigenvalue weighted by atomic mass is 35.5. The highest BCUT2D eigenvalue weighted by molar-refractivity contribution is 6.30. The zero-order chi connectivity index (χ0) is 12.5. The quantitative estimate of drug-likeness (QED) is 0.667. The average molecular weight is 251 g/mol. The van der Waals surface area contributed by atoms with E-state index < -0.39 is 0 Å². The molecule has 1 aliphatic rings. The molecule has 1 aliphatic carbocycles. The molecule has 1 aromatic carbocycles. The SMILES string of the molecule is CC(C)CCC1(c2ccc(Cl)cc2)CC(C)C1. The summed E-state index contributed by atoms with van der Waals surface area (Å²) in [7, 11) is 0. The zero-order valence-corrected chi connectivity index (χ0v) is 11.9. The maximum atomic E-state index is 5.98. The molecule has 0 nitrogen and oxygen atoms in total. The molecule has 1 aromatic rings. The molecule has 0 bridgehead atoms. The standard InChI is InChI=1S/C16H23Cl/c1-12(2)8-9-16(10-13(3)11-16)14-4-6-15(17)7-5-14/h4-7,12-13H,8-11H2,1-3H3. The van der Waals surface area contributed by atoms with Crippen molar-refractivity contribution in [3.8, 4) is 0 Å². The molecule has 0 radical (unpaired) electrons. The summed E-state index contributed by atoms with van der Waals surface area (Å²) in [5.74, 6) is 1.69. The van der Waals surface area contributed by atoms with Crippen LogP contribution in [0.5, 0.6) is 0 Å². The fraction of sp³-hybridized carbons (Fsp3) is 0.625. The average Bonchev–Trinajstić information content (AvgIpc) is 2.24.